The third-order valence-corrected chi connectivity index (χ3v) is 4.75. The van der Waals surface area contributed by atoms with E-state index in [9.17, 15) is 14.9 Å². The number of aromatic nitrogens is 2. The monoisotopic (exact) mass is 473 g/mol. The van der Waals surface area contributed by atoms with E-state index in [1.165, 1.54) is 18.2 Å². The fourth-order valence-corrected chi connectivity index (χ4v) is 3.27. The number of nitrogens with zero attached hydrogens (tertiary/aromatic N) is 3. The van der Waals surface area contributed by atoms with E-state index in [0.29, 0.717) is 31.2 Å². The Kier molecular flexibility index (Phi) is 7.15. The van der Waals surface area contributed by atoms with Crippen LogP contribution in [0.3, 0.4) is 0 Å². The first kappa shape index (κ1) is 21.5. The Labute approximate surface area is 181 Å². The number of nitrogens with one attached hydrogen (secondary N) is 2. The molecular weight excluding hydrogens is 454 g/mol. The van der Waals surface area contributed by atoms with Gasteiger partial charge in [0.2, 0.25) is 0 Å². The van der Waals surface area contributed by atoms with Gasteiger partial charge in [0.25, 0.3) is 11.6 Å². The van der Waals surface area contributed by atoms with Crippen molar-refractivity contribution in [3.63, 3.8) is 0 Å². The van der Waals surface area contributed by atoms with Crippen molar-refractivity contribution < 1.29 is 14.5 Å². The molecule has 0 aliphatic rings. The molecule has 156 valence electrons. The Morgan fingerprint density at radius 2 is 2.10 bits per heavy atom. The molecule has 0 saturated heterocycles. The first-order valence-corrected chi connectivity index (χ1v) is 9.86. The van der Waals surface area contributed by atoms with Crippen LogP contribution in [0.5, 0.6) is 0 Å². The van der Waals surface area contributed by atoms with Gasteiger partial charge in [-0.25, -0.2) is 4.68 Å². The molecule has 2 aromatic carbocycles. The van der Waals surface area contributed by atoms with Crippen LogP contribution in [0.4, 0.5) is 17.2 Å². The van der Waals surface area contributed by atoms with Gasteiger partial charge in [-0.05, 0) is 29.8 Å². The topological polar surface area (TPSA) is 111 Å². The molecule has 1 heterocycles. The quantitative estimate of drug-likeness (QED) is 0.276. The number of methoxy groups -OCH3 is 1. The molecule has 0 saturated carbocycles. The van der Waals surface area contributed by atoms with Crippen LogP contribution in [0.25, 0.3) is 0 Å². The summed E-state index contributed by atoms with van der Waals surface area (Å²) < 4.78 is 7.53. The van der Waals surface area contributed by atoms with Gasteiger partial charge in [-0.3, -0.25) is 14.9 Å². The second kappa shape index (κ2) is 9.99. The summed E-state index contributed by atoms with van der Waals surface area (Å²) in [6.45, 7) is 1.28. The Morgan fingerprint density at radius 3 is 2.83 bits per heavy atom. The molecule has 2 N–H and O–H groups in total. The minimum Gasteiger partial charge on any atom is -0.383 e. The normalized spacial score (nSPS) is 10.6. The summed E-state index contributed by atoms with van der Waals surface area (Å²) in [6.07, 6.45) is 1.58. The molecule has 30 heavy (non-hydrogen) atoms. The lowest BCUT2D eigenvalue weighted by molar-refractivity contribution is -0.384. The molecule has 1 amide bonds. The number of rotatable bonds is 9. The van der Waals surface area contributed by atoms with Gasteiger partial charge < -0.3 is 15.4 Å². The summed E-state index contributed by atoms with van der Waals surface area (Å²) in [4.78, 5) is 23.6. The highest BCUT2D eigenvalue weighted by Crippen LogP contribution is 2.26. The molecule has 0 aliphatic carbocycles. The van der Waals surface area contributed by atoms with E-state index in [1.54, 1.807) is 24.1 Å². The van der Waals surface area contributed by atoms with Crippen LogP contribution >= 0.6 is 15.9 Å². The Morgan fingerprint density at radius 1 is 1.27 bits per heavy atom. The predicted octanol–water partition coefficient (Wildman–Crippen LogP) is 3.91. The van der Waals surface area contributed by atoms with E-state index >= 15 is 0 Å². The number of hydrogen-bond acceptors (Lipinski definition) is 6. The average Bonchev–Trinajstić information content (AvgIpc) is 3.14. The van der Waals surface area contributed by atoms with Crippen LogP contribution < -0.4 is 10.6 Å². The lowest BCUT2D eigenvalue weighted by atomic mass is 10.1. The number of benzene rings is 2. The zero-order valence-corrected chi connectivity index (χ0v) is 17.8. The lowest BCUT2D eigenvalue weighted by Gasteiger charge is -2.11. The van der Waals surface area contributed by atoms with Crippen molar-refractivity contribution >= 4 is 39.0 Å². The van der Waals surface area contributed by atoms with Crippen molar-refractivity contribution in [2.45, 2.75) is 6.54 Å². The molecule has 0 bridgehead atoms. The molecule has 0 aliphatic heterocycles. The second-order valence-electron chi connectivity index (χ2n) is 6.37. The van der Waals surface area contributed by atoms with Crippen molar-refractivity contribution in [2.75, 3.05) is 30.9 Å². The molecular formula is C20H20BrN5O4. The number of nitro groups is 1. The first-order valence-electron chi connectivity index (χ1n) is 9.07. The highest BCUT2D eigenvalue weighted by Gasteiger charge is 2.18. The van der Waals surface area contributed by atoms with Gasteiger partial charge in [0, 0.05) is 35.8 Å². The molecule has 10 heteroatoms. The van der Waals surface area contributed by atoms with Crippen molar-refractivity contribution in [3.05, 3.63) is 80.4 Å². The number of carbonyl (C=O) groups excluding carboxylic acids is 1. The van der Waals surface area contributed by atoms with Gasteiger partial charge in [-0.15, -0.1) is 0 Å². The molecule has 0 atom stereocenters. The average molecular weight is 474 g/mol. The highest BCUT2D eigenvalue weighted by molar-refractivity contribution is 9.10. The van der Waals surface area contributed by atoms with Gasteiger partial charge in [0.05, 0.1) is 24.3 Å². The summed E-state index contributed by atoms with van der Waals surface area (Å²) in [5.41, 5.74) is 1.33. The molecule has 0 unspecified atom stereocenters. The number of amides is 1. The minimum atomic E-state index is -0.524. The van der Waals surface area contributed by atoms with Crippen molar-refractivity contribution in [2.24, 2.45) is 0 Å². The van der Waals surface area contributed by atoms with Crippen molar-refractivity contribution in [1.29, 1.82) is 0 Å². The Balaban J connectivity index is 1.76. The number of hydrogen-bond donors (Lipinski definition) is 2. The van der Waals surface area contributed by atoms with Crippen LogP contribution in [0.15, 0.2) is 59.2 Å². The molecule has 0 spiro atoms. The van der Waals surface area contributed by atoms with E-state index in [4.69, 9.17) is 4.74 Å². The molecule has 9 nitrogen and oxygen atoms in total. The summed E-state index contributed by atoms with van der Waals surface area (Å²) in [5, 5.41) is 21.4. The fourth-order valence-electron chi connectivity index (χ4n) is 2.82. The smallest absolute Gasteiger partial charge is 0.293 e. The molecule has 0 radical (unpaired) electrons. The van der Waals surface area contributed by atoms with Crippen LogP contribution in [0.1, 0.15) is 15.9 Å². The van der Waals surface area contributed by atoms with Gasteiger partial charge in [-0.2, -0.15) is 5.10 Å². The Hall–Kier alpha value is -3.24. The fraction of sp³-hybridized carbons (Fsp3) is 0.200. The molecule has 0 fully saturated rings. The van der Waals surface area contributed by atoms with Gasteiger partial charge in [0.15, 0.2) is 0 Å². The zero-order chi connectivity index (χ0) is 21.5. The largest absolute Gasteiger partial charge is 0.383 e. The number of nitro benzene ring substituents is 1. The maximum Gasteiger partial charge on any atom is 0.293 e. The number of anilines is 2. The van der Waals surface area contributed by atoms with Gasteiger partial charge >= 0.3 is 0 Å². The SMILES string of the molecule is COCCNc1ccc(C(=O)Nc2ccnn2Cc2cccc(Br)c2)cc1[N+](=O)[O-]. The Bertz CT molecular complexity index is 1050. The number of halogens is 1. The van der Waals surface area contributed by atoms with Crippen LogP contribution in [-0.4, -0.2) is 40.9 Å². The molecule has 3 rings (SSSR count). The second-order valence-corrected chi connectivity index (χ2v) is 7.28. The summed E-state index contributed by atoms with van der Waals surface area (Å²) in [6, 6.07) is 13.7. The van der Waals surface area contributed by atoms with Gasteiger partial charge in [0.1, 0.15) is 11.5 Å². The van der Waals surface area contributed by atoms with Crippen molar-refractivity contribution in [3.8, 4) is 0 Å². The third-order valence-electron chi connectivity index (χ3n) is 4.26. The van der Waals surface area contributed by atoms with Crippen LogP contribution in [0, 0.1) is 10.1 Å². The highest BCUT2D eigenvalue weighted by atomic mass is 79.9. The van der Waals surface area contributed by atoms with E-state index in [2.05, 4.69) is 31.7 Å². The van der Waals surface area contributed by atoms with Crippen molar-refractivity contribution in [1.82, 2.24) is 9.78 Å². The van der Waals surface area contributed by atoms with E-state index < -0.39 is 10.8 Å². The molecule has 3 aromatic rings. The first-order chi connectivity index (χ1) is 14.5. The van der Waals surface area contributed by atoms with Crippen LogP contribution in [-0.2, 0) is 11.3 Å². The standard InChI is InChI=1S/C20H20BrN5O4/c1-30-10-9-22-17-6-5-15(12-18(17)26(28)29)20(27)24-19-7-8-23-25(19)13-14-3-2-4-16(21)11-14/h2-8,11-12,22H,9-10,13H2,1H3,(H,24,27). The maximum atomic E-state index is 12.7. The van der Waals surface area contributed by atoms with E-state index in [1.807, 2.05) is 24.3 Å². The summed E-state index contributed by atoms with van der Waals surface area (Å²) in [5.74, 6) is 0.0301. The molecule has 1 aromatic heterocycles. The van der Waals surface area contributed by atoms with E-state index in [-0.39, 0.29) is 11.3 Å². The predicted molar refractivity (Wildman–Crippen MR) is 117 cm³/mol. The van der Waals surface area contributed by atoms with E-state index in [0.717, 1.165) is 10.0 Å². The third kappa shape index (κ3) is 5.43. The van der Waals surface area contributed by atoms with Crippen LogP contribution in [0.2, 0.25) is 0 Å². The minimum absolute atomic E-state index is 0.175. The maximum absolute atomic E-state index is 12.7. The summed E-state index contributed by atoms with van der Waals surface area (Å²) >= 11 is 3.43. The van der Waals surface area contributed by atoms with Gasteiger partial charge in [-0.1, -0.05) is 28.1 Å². The lowest BCUT2D eigenvalue weighted by Crippen LogP contribution is -2.17. The summed E-state index contributed by atoms with van der Waals surface area (Å²) in [7, 11) is 1.55. The zero-order valence-electron chi connectivity index (χ0n) is 16.2. The number of carbonyl (C=O) groups is 1. The number of ether oxygens (including phenoxy) is 1.